The normalized spacial score (nSPS) is 17.6. The number of hydrogen-bond acceptors (Lipinski definition) is 6. The lowest BCUT2D eigenvalue weighted by Crippen LogP contribution is -2.49. The molecular formula is C26H31N5O4. The first-order valence-corrected chi connectivity index (χ1v) is 11.8. The van der Waals surface area contributed by atoms with E-state index >= 15 is 0 Å². The summed E-state index contributed by atoms with van der Waals surface area (Å²) in [5, 5.41) is 10.6. The van der Waals surface area contributed by atoms with E-state index in [-0.39, 0.29) is 18.3 Å². The molecule has 1 aliphatic carbocycles. The molecule has 1 aromatic heterocycles. The van der Waals surface area contributed by atoms with Gasteiger partial charge in [0.2, 0.25) is 5.82 Å². The van der Waals surface area contributed by atoms with Crippen LogP contribution in [-0.2, 0) is 16.0 Å². The molecule has 2 amide bonds. The first-order valence-electron chi connectivity index (χ1n) is 11.8. The summed E-state index contributed by atoms with van der Waals surface area (Å²) in [6.07, 6.45) is 6.45. The Morgan fingerprint density at radius 2 is 1.83 bits per heavy atom. The molecule has 1 fully saturated rings. The van der Waals surface area contributed by atoms with Crippen molar-refractivity contribution < 1.29 is 19.1 Å². The van der Waals surface area contributed by atoms with E-state index in [9.17, 15) is 9.59 Å². The fraction of sp³-hybridized carbons (Fsp3) is 0.385. The minimum Gasteiger partial charge on any atom is -0.489 e. The Balaban J connectivity index is 0.000000356. The Labute approximate surface area is 204 Å². The summed E-state index contributed by atoms with van der Waals surface area (Å²) in [6.45, 7) is 0.0386. The zero-order chi connectivity index (χ0) is 24.6. The van der Waals surface area contributed by atoms with Gasteiger partial charge in [-0.1, -0.05) is 55.3 Å². The Morgan fingerprint density at radius 1 is 1.11 bits per heavy atom. The van der Waals surface area contributed by atoms with Crippen molar-refractivity contribution in [3.05, 3.63) is 71.8 Å². The average Bonchev–Trinajstić information content (AvgIpc) is 3.57. The summed E-state index contributed by atoms with van der Waals surface area (Å²) in [5.74, 6) is 0.461. The van der Waals surface area contributed by atoms with Crippen LogP contribution >= 0.6 is 0 Å². The van der Waals surface area contributed by atoms with Gasteiger partial charge in [0.1, 0.15) is 24.2 Å². The molecule has 3 aromatic rings. The van der Waals surface area contributed by atoms with Crippen LogP contribution in [0.15, 0.2) is 54.6 Å². The Bertz CT molecular complexity index is 1130. The van der Waals surface area contributed by atoms with Crippen molar-refractivity contribution in [2.45, 2.75) is 44.2 Å². The molecule has 35 heavy (non-hydrogen) atoms. The van der Waals surface area contributed by atoms with Crippen LogP contribution in [0.25, 0.3) is 0 Å². The summed E-state index contributed by atoms with van der Waals surface area (Å²) in [4.78, 5) is 29.6. The number of anilines is 1. The van der Waals surface area contributed by atoms with Crippen LogP contribution in [0.1, 0.15) is 47.7 Å². The van der Waals surface area contributed by atoms with Crippen molar-refractivity contribution in [1.82, 2.24) is 20.5 Å². The second-order valence-electron chi connectivity index (χ2n) is 8.63. The van der Waals surface area contributed by atoms with Crippen LogP contribution < -0.4 is 15.0 Å². The van der Waals surface area contributed by atoms with E-state index in [1.54, 1.807) is 26.3 Å². The van der Waals surface area contributed by atoms with Gasteiger partial charge in [0.15, 0.2) is 0 Å². The quantitative estimate of drug-likeness (QED) is 0.584. The lowest BCUT2D eigenvalue weighted by Gasteiger charge is -2.19. The van der Waals surface area contributed by atoms with E-state index in [1.807, 2.05) is 42.5 Å². The van der Waals surface area contributed by atoms with Gasteiger partial charge in [-0.05, 0) is 30.5 Å². The van der Waals surface area contributed by atoms with Gasteiger partial charge in [-0.3, -0.25) is 9.59 Å². The number of carbonyl (C=O) groups is 2. The highest BCUT2D eigenvalue weighted by atomic mass is 16.5. The molecule has 2 heterocycles. The molecule has 9 nitrogen and oxygen atoms in total. The van der Waals surface area contributed by atoms with Gasteiger partial charge in [0.25, 0.3) is 11.8 Å². The number of nitrogens with zero attached hydrogens (tertiary/aromatic N) is 3. The van der Waals surface area contributed by atoms with E-state index in [0.717, 1.165) is 5.56 Å². The molecule has 0 radical (unpaired) electrons. The maximum absolute atomic E-state index is 12.7. The monoisotopic (exact) mass is 477 g/mol. The smallest absolute Gasteiger partial charge is 0.289 e. The summed E-state index contributed by atoms with van der Waals surface area (Å²) in [5.41, 5.74) is 1.71. The molecule has 9 heteroatoms. The number of likely N-dealkylation sites (N-methyl/N-ethyl adjacent to an activating group) is 1. The third-order valence-corrected chi connectivity index (χ3v) is 6.16. The second-order valence-corrected chi connectivity index (χ2v) is 8.63. The topological polar surface area (TPSA) is 109 Å². The van der Waals surface area contributed by atoms with Crippen molar-refractivity contribution >= 4 is 17.5 Å². The Kier molecular flexibility index (Phi) is 8.10. The number of aromatic nitrogens is 3. The van der Waals surface area contributed by atoms with E-state index in [0.29, 0.717) is 29.8 Å². The molecular weight excluding hydrogens is 446 g/mol. The number of amides is 2. The van der Waals surface area contributed by atoms with E-state index in [2.05, 4.69) is 20.5 Å². The molecule has 184 valence electrons. The van der Waals surface area contributed by atoms with Crippen LogP contribution in [0.2, 0.25) is 0 Å². The van der Waals surface area contributed by atoms with E-state index in [4.69, 9.17) is 9.47 Å². The predicted octanol–water partition coefficient (Wildman–Crippen LogP) is 3.12. The van der Waals surface area contributed by atoms with Crippen molar-refractivity contribution in [1.29, 1.82) is 0 Å². The molecule has 1 saturated carbocycles. The molecule has 0 unspecified atom stereocenters. The standard InChI is InChI=1S/C20H19N5O3.C6H12O/c1-25-15-9-5-6-10-16(15)28-12-14(20(25)27)21-19(26)18-22-17(23-24-18)11-13-7-3-2-4-8-13;1-7-6-4-2-3-5-6/h2-10,14H,11-12H2,1H3,(H,21,26)(H,22,23,24);6H,2-5H2,1H3/t14-;/m0./s1. The van der Waals surface area contributed by atoms with E-state index < -0.39 is 11.9 Å². The van der Waals surface area contributed by atoms with Gasteiger partial charge in [-0.2, -0.15) is 0 Å². The number of nitrogens with one attached hydrogen (secondary N) is 2. The van der Waals surface area contributed by atoms with Crippen molar-refractivity contribution in [3.8, 4) is 5.75 Å². The highest BCUT2D eigenvalue weighted by molar-refractivity contribution is 6.02. The second kappa shape index (κ2) is 11.6. The van der Waals surface area contributed by atoms with Gasteiger partial charge in [0, 0.05) is 20.6 Å². The zero-order valence-electron chi connectivity index (χ0n) is 20.1. The summed E-state index contributed by atoms with van der Waals surface area (Å²) < 4.78 is 10.8. The van der Waals surface area contributed by atoms with Crippen LogP contribution in [0.5, 0.6) is 5.75 Å². The number of fused-ring (bicyclic) bond motifs is 1. The van der Waals surface area contributed by atoms with Gasteiger partial charge in [-0.25, -0.2) is 0 Å². The first-order chi connectivity index (χ1) is 17.0. The van der Waals surface area contributed by atoms with Gasteiger partial charge in [-0.15, -0.1) is 10.2 Å². The maximum atomic E-state index is 12.7. The lowest BCUT2D eigenvalue weighted by molar-refractivity contribution is -0.120. The number of hydrogen-bond donors (Lipinski definition) is 2. The SMILES string of the molecule is CN1C(=O)[C@@H](NC(=O)c2nnc(Cc3ccccc3)[nH]2)COc2ccccc21.COC1CCCC1. The molecule has 1 aliphatic heterocycles. The lowest BCUT2D eigenvalue weighted by atomic mass is 10.1. The van der Waals surface area contributed by atoms with E-state index in [1.165, 1.54) is 30.6 Å². The minimum absolute atomic E-state index is 0.0386. The molecule has 2 N–H and O–H groups in total. The van der Waals surface area contributed by atoms with Crippen LogP contribution in [0, 0.1) is 0 Å². The number of ether oxygens (including phenoxy) is 2. The predicted molar refractivity (Wildman–Crippen MR) is 131 cm³/mol. The highest BCUT2D eigenvalue weighted by Crippen LogP contribution is 2.29. The third-order valence-electron chi connectivity index (χ3n) is 6.16. The minimum atomic E-state index is -0.826. The fourth-order valence-electron chi connectivity index (χ4n) is 4.18. The van der Waals surface area contributed by atoms with Gasteiger partial charge < -0.3 is 24.7 Å². The summed E-state index contributed by atoms with van der Waals surface area (Å²) in [7, 11) is 3.46. The zero-order valence-corrected chi connectivity index (χ0v) is 20.1. The van der Waals surface area contributed by atoms with Gasteiger partial charge in [0.05, 0.1) is 11.8 Å². The van der Waals surface area contributed by atoms with Crippen molar-refractivity contribution in [2.24, 2.45) is 0 Å². The molecule has 0 saturated heterocycles. The molecule has 0 bridgehead atoms. The van der Waals surface area contributed by atoms with Crippen molar-refractivity contribution in [2.75, 3.05) is 25.7 Å². The molecule has 2 aromatic carbocycles. The van der Waals surface area contributed by atoms with Crippen molar-refractivity contribution in [3.63, 3.8) is 0 Å². The Morgan fingerprint density at radius 3 is 2.54 bits per heavy atom. The molecule has 0 spiro atoms. The first kappa shape index (κ1) is 24.4. The molecule has 1 atom stereocenters. The van der Waals surface area contributed by atoms with Gasteiger partial charge >= 0.3 is 0 Å². The number of para-hydroxylation sites is 2. The number of methoxy groups -OCH3 is 1. The average molecular weight is 478 g/mol. The maximum Gasteiger partial charge on any atom is 0.289 e. The molecule has 2 aliphatic rings. The van der Waals surface area contributed by atoms with Crippen LogP contribution in [0.3, 0.4) is 0 Å². The number of carbonyl (C=O) groups excluding carboxylic acids is 2. The number of rotatable bonds is 5. The number of benzene rings is 2. The summed E-state index contributed by atoms with van der Waals surface area (Å²) >= 11 is 0. The van der Waals surface area contributed by atoms with Crippen LogP contribution in [-0.4, -0.2) is 59.9 Å². The Hall–Kier alpha value is -3.72. The number of aromatic amines is 1. The summed E-state index contributed by atoms with van der Waals surface area (Å²) in [6, 6.07) is 16.2. The highest BCUT2D eigenvalue weighted by Gasteiger charge is 2.31. The van der Waals surface area contributed by atoms with Crippen LogP contribution in [0.4, 0.5) is 5.69 Å². The third kappa shape index (κ3) is 6.24. The largest absolute Gasteiger partial charge is 0.489 e. The fourth-order valence-corrected chi connectivity index (χ4v) is 4.18. The molecule has 5 rings (SSSR count). The number of H-pyrrole nitrogens is 1.